The number of rotatable bonds is 8. The van der Waals surface area contributed by atoms with Crippen LogP contribution < -0.4 is 40.9 Å². The van der Waals surface area contributed by atoms with Crippen LogP contribution in [0, 0.1) is 0 Å². The molecule has 18 nitrogen and oxygen atoms in total. The van der Waals surface area contributed by atoms with Crippen LogP contribution in [0.4, 0.5) is 0 Å². The van der Waals surface area contributed by atoms with Crippen molar-refractivity contribution in [1.82, 2.24) is 0 Å². The van der Waals surface area contributed by atoms with Crippen LogP contribution in [0.25, 0.3) is 0 Å². The van der Waals surface area contributed by atoms with Crippen LogP contribution in [-0.2, 0) is 153 Å². The number of carbonyl (C=O) groups excluding carboxylic acids is 8. The maximum absolute atomic E-state index is 10.1. The fraction of sp³-hybridized carbons (Fsp3) is 0.125. The van der Waals surface area contributed by atoms with Gasteiger partial charge in [-0.1, -0.05) is 243 Å². The Morgan fingerprint density at radius 3 is 0.333 bits per heavy atom. The van der Waals surface area contributed by atoms with Crippen LogP contribution in [0.15, 0.2) is 243 Å². The van der Waals surface area contributed by atoms with E-state index in [1.54, 1.807) is 146 Å². The number of carboxylic acid groups (broad SMARTS) is 8. The minimum Gasteiger partial charge on any atom is -2.00 e. The van der Waals surface area contributed by atoms with Crippen LogP contribution in [0.5, 0.6) is 0 Å². The monoisotopic (exact) mass is 1560 g/mol. The molecule has 8 aromatic carbocycles. The third-order valence-electron chi connectivity index (χ3n) is 9.73. The number of hydrogen-bond donors (Lipinski definition) is 0. The number of aromatic carboxylic acids is 8. The molecule has 0 bridgehead atoms. The molecule has 0 spiro atoms. The predicted octanol–water partition coefficient (Wildman–Crippen LogP) is 1.97. The summed E-state index contributed by atoms with van der Waals surface area (Å²) in [6, 6.07) is 64.5. The molecular weight excluding hydrogens is 1510 g/mol. The van der Waals surface area contributed by atoms with E-state index in [2.05, 4.69) is 0 Å². The van der Waals surface area contributed by atoms with Crippen molar-refractivity contribution in [3.8, 4) is 0 Å². The molecule has 2 saturated heterocycles. The number of carboxylic acids is 8. The molecule has 0 N–H and O–H groups in total. The third kappa shape index (κ3) is 53.7. The smallest absolute Gasteiger partial charge is 2.00 e. The minimum atomic E-state index is -1.13. The Morgan fingerprint density at radius 2 is 0.289 bits per heavy atom. The Kier molecular flexibility index (Phi) is 73.2. The Morgan fingerprint density at radius 1 is 0.200 bits per heavy atom. The van der Waals surface area contributed by atoms with E-state index in [4.69, 9.17) is 9.47 Å². The van der Waals surface area contributed by atoms with Crippen molar-refractivity contribution >= 4 is 74.7 Å². The largest absolute Gasteiger partial charge is 2.00 e. The van der Waals surface area contributed by atoms with E-state index in [-0.39, 0.29) is 188 Å². The molecule has 2 aliphatic heterocycles. The summed E-state index contributed by atoms with van der Waals surface area (Å²) in [6.07, 6.45) is 5.11. The number of hydrogen-bond acceptors (Lipinski definition) is 18. The molecule has 0 unspecified atom stereocenters. The molecule has 444 valence electrons. The first-order chi connectivity index (χ1) is 39.4. The molecule has 0 radical (unpaired) electrons. The van der Waals surface area contributed by atoms with Gasteiger partial charge in [0.25, 0.3) is 0 Å². The fourth-order valence-corrected chi connectivity index (χ4v) is 5.61. The van der Waals surface area contributed by atoms with Crippen molar-refractivity contribution < 1.29 is 206 Å². The first-order valence-electron chi connectivity index (χ1n) is 24.7. The van der Waals surface area contributed by atoms with Gasteiger partial charge in [0.15, 0.2) is 0 Å². The van der Waals surface area contributed by atoms with Gasteiger partial charge in [-0.3, -0.25) is 0 Å². The van der Waals surface area contributed by atoms with Crippen molar-refractivity contribution in [3.63, 3.8) is 0 Å². The van der Waals surface area contributed by atoms with Gasteiger partial charge in [0.2, 0.25) is 0 Å². The van der Waals surface area contributed by atoms with Crippen molar-refractivity contribution in [1.29, 1.82) is 0 Å². The molecule has 2 fully saturated rings. The van der Waals surface area contributed by atoms with E-state index in [9.17, 15) is 79.2 Å². The van der Waals surface area contributed by atoms with Crippen molar-refractivity contribution in [3.05, 3.63) is 287 Å². The molecule has 10 rings (SSSR count). The second-order valence-corrected chi connectivity index (χ2v) is 15.9. The number of carbonyl (C=O) groups is 8. The fourth-order valence-electron chi connectivity index (χ4n) is 5.61. The van der Waals surface area contributed by atoms with Crippen molar-refractivity contribution in [2.75, 3.05) is 26.4 Å². The number of ether oxygens (including phenoxy) is 2. The average Bonchev–Trinajstić information content (AvgIpc) is 4.36. The van der Waals surface area contributed by atoms with Crippen LogP contribution in [0.2, 0.25) is 0 Å². The van der Waals surface area contributed by atoms with Gasteiger partial charge in [-0.15, -0.1) is 0 Å². The zero-order chi connectivity index (χ0) is 60.6. The van der Waals surface area contributed by atoms with Crippen molar-refractivity contribution in [2.24, 2.45) is 0 Å². The number of benzene rings is 8. The summed E-state index contributed by atoms with van der Waals surface area (Å²) < 4.78 is 9.89. The first kappa shape index (κ1) is 100. The molecule has 0 saturated carbocycles. The Balaban J connectivity index is -0.000000138. The summed E-state index contributed by atoms with van der Waals surface area (Å²) in [5.41, 5.74) is 1.76. The topological polar surface area (TPSA) is 339 Å². The molecule has 2 aliphatic rings. The van der Waals surface area contributed by atoms with Crippen LogP contribution >= 0.6 is 0 Å². The maximum Gasteiger partial charge on any atom is 2.00 e. The first-order valence-corrected chi connectivity index (χ1v) is 24.7. The van der Waals surface area contributed by atoms with Gasteiger partial charge in [0.1, 0.15) is 0 Å². The maximum atomic E-state index is 10.1. The Labute approximate surface area is 613 Å². The van der Waals surface area contributed by atoms with Crippen molar-refractivity contribution in [2.45, 2.75) is 25.7 Å². The summed E-state index contributed by atoms with van der Waals surface area (Å²) in [4.78, 5) is 80.7. The Hall–Kier alpha value is -6.12. The molecule has 90 heavy (non-hydrogen) atoms. The van der Waals surface area contributed by atoms with E-state index in [0.29, 0.717) is 0 Å². The second-order valence-electron chi connectivity index (χ2n) is 15.9. The van der Waals surface area contributed by atoms with Crippen LogP contribution in [0.3, 0.4) is 0 Å². The molecule has 8 aromatic rings. The van der Waals surface area contributed by atoms with E-state index in [1.807, 2.05) is 0 Å². The van der Waals surface area contributed by atoms with E-state index in [0.717, 1.165) is 26.4 Å². The quantitative estimate of drug-likeness (QED) is 0.196. The molecule has 0 atom stereocenters. The molecule has 0 amide bonds. The summed E-state index contributed by atoms with van der Waals surface area (Å²) in [5, 5.41) is 80.7. The van der Waals surface area contributed by atoms with Gasteiger partial charge in [-0.05, 0) is 70.2 Å². The summed E-state index contributed by atoms with van der Waals surface area (Å²) in [6.45, 7) is 4.00. The minimum absolute atomic E-state index is 0. The SMILES string of the molecule is C1CCOC1.C1CCOC1.O=C([O-])c1ccccc1.O=C([O-])c1ccccc1.O=C([O-])c1ccccc1.O=C([O-])c1ccccc1.O=C([O-])c1ccccc1.O=C([O-])c1ccccc1.O=C([O-])c1ccccc1.O=C([O-])c1ccccc1.[S-2].[S-2].[Zn+2].[Zn+2].[Zn+2].[Zn+2].[Zn+2].[Zn+2]. The third-order valence-corrected chi connectivity index (χ3v) is 9.73. The average molecular weight is 1570 g/mol. The molecule has 2 heterocycles. The van der Waals surface area contributed by atoms with E-state index >= 15 is 0 Å². The van der Waals surface area contributed by atoms with Gasteiger partial charge in [0.05, 0.1) is 47.8 Å². The molecular formula is C64H56O18S2Zn6. The molecule has 0 aromatic heterocycles. The summed E-state index contributed by atoms with van der Waals surface area (Å²) in [7, 11) is 0. The van der Waals surface area contributed by atoms with Gasteiger partial charge < -0.3 is 116 Å². The zero-order valence-electron chi connectivity index (χ0n) is 49.2. The van der Waals surface area contributed by atoms with Gasteiger partial charge in [-0.25, -0.2) is 0 Å². The van der Waals surface area contributed by atoms with Gasteiger partial charge in [-0.2, -0.15) is 0 Å². The van der Waals surface area contributed by atoms with E-state index < -0.39 is 47.8 Å². The van der Waals surface area contributed by atoms with Crippen LogP contribution in [-0.4, -0.2) is 74.2 Å². The summed E-state index contributed by atoms with van der Waals surface area (Å²) in [5.74, 6) is -9.03. The Bertz CT molecular complexity index is 2420. The molecule has 26 heteroatoms. The van der Waals surface area contributed by atoms with E-state index in [1.165, 1.54) is 123 Å². The van der Waals surface area contributed by atoms with Crippen LogP contribution in [0.1, 0.15) is 109 Å². The standard InChI is InChI=1S/8C7H6O2.2C4H8O.2S.6Zn/c8*8-7(9)6-4-2-1-3-5-6;2*1-2-4-5-3-1;;;;;;;;/h8*1-5H,(H,8,9);2*1-4H2;;;;;;;;/q;;;;;;;;;;2*-2;6*+2/p-8. The van der Waals surface area contributed by atoms with Gasteiger partial charge in [0, 0.05) is 26.4 Å². The molecule has 0 aliphatic carbocycles. The normalized spacial score (nSPS) is 9.78. The summed E-state index contributed by atoms with van der Waals surface area (Å²) >= 11 is 0. The second kappa shape index (κ2) is 65.8. The predicted molar refractivity (Wildman–Crippen MR) is 301 cm³/mol. The zero-order valence-corrected chi connectivity index (χ0v) is 68.6. The van der Waals surface area contributed by atoms with Gasteiger partial charge >= 0.3 is 117 Å².